The third kappa shape index (κ3) is 2.40. The molecular formula is C10H9N3O2. The minimum atomic E-state index is -0.171. The number of rotatable bonds is 3. The van der Waals surface area contributed by atoms with Crippen LogP contribution in [0.2, 0.25) is 0 Å². The standard InChI is InChI=1S/C10H9N3O2/c14-10(8-1-3-11-4-2-8)13-7-9-12-5-6-15-9/h1-6H,7H2,(H,13,14). The number of oxazole rings is 1. The Kier molecular flexibility index (Phi) is 2.73. The lowest BCUT2D eigenvalue weighted by atomic mass is 10.2. The Morgan fingerprint density at radius 1 is 1.33 bits per heavy atom. The van der Waals surface area contributed by atoms with E-state index < -0.39 is 0 Å². The molecule has 5 nitrogen and oxygen atoms in total. The predicted octanol–water partition coefficient (Wildman–Crippen LogP) is 1.000. The summed E-state index contributed by atoms with van der Waals surface area (Å²) in [6.45, 7) is 0.286. The largest absolute Gasteiger partial charge is 0.447 e. The number of hydrogen-bond donors (Lipinski definition) is 1. The molecule has 1 amide bonds. The summed E-state index contributed by atoms with van der Waals surface area (Å²) >= 11 is 0. The molecule has 0 fully saturated rings. The molecule has 0 bridgehead atoms. The fourth-order valence-corrected chi connectivity index (χ4v) is 1.10. The molecule has 0 aliphatic rings. The van der Waals surface area contributed by atoms with Gasteiger partial charge in [0.15, 0.2) is 0 Å². The molecule has 76 valence electrons. The summed E-state index contributed by atoms with van der Waals surface area (Å²) in [7, 11) is 0. The van der Waals surface area contributed by atoms with Crippen LogP contribution < -0.4 is 5.32 Å². The van der Waals surface area contributed by atoms with Crippen LogP contribution in [0.4, 0.5) is 0 Å². The van der Waals surface area contributed by atoms with E-state index in [0.29, 0.717) is 11.5 Å². The van der Waals surface area contributed by atoms with E-state index in [2.05, 4.69) is 15.3 Å². The molecule has 1 N–H and O–H groups in total. The van der Waals surface area contributed by atoms with E-state index >= 15 is 0 Å². The first-order valence-electron chi connectivity index (χ1n) is 4.43. The first-order valence-corrected chi connectivity index (χ1v) is 4.43. The molecule has 0 aromatic carbocycles. The molecular weight excluding hydrogens is 194 g/mol. The third-order valence-electron chi connectivity index (χ3n) is 1.83. The number of aromatic nitrogens is 2. The minimum absolute atomic E-state index is 0.171. The number of nitrogens with zero attached hydrogens (tertiary/aromatic N) is 2. The molecule has 0 atom stereocenters. The van der Waals surface area contributed by atoms with Gasteiger partial charge in [0.1, 0.15) is 6.26 Å². The topological polar surface area (TPSA) is 68.0 Å². The van der Waals surface area contributed by atoms with Crippen LogP contribution in [0.15, 0.2) is 41.4 Å². The summed E-state index contributed by atoms with van der Waals surface area (Å²) in [5.41, 5.74) is 0.566. The molecule has 2 aromatic heterocycles. The normalized spacial score (nSPS) is 9.87. The summed E-state index contributed by atoms with van der Waals surface area (Å²) in [5.74, 6) is 0.313. The van der Waals surface area contributed by atoms with Gasteiger partial charge in [-0.05, 0) is 12.1 Å². The average molecular weight is 203 g/mol. The Morgan fingerprint density at radius 2 is 2.13 bits per heavy atom. The minimum Gasteiger partial charge on any atom is -0.447 e. The second kappa shape index (κ2) is 4.36. The van der Waals surface area contributed by atoms with Crippen LogP contribution >= 0.6 is 0 Å². The Bertz CT molecular complexity index is 425. The molecule has 0 aliphatic carbocycles. The lowest BCUT2D eigenvalue weighted by Gasteiger charge is -2.01. The van der Waals surface area contributed by atoms with Gasteiger partial charge in [0.25, 0.3) is 5.91 Å². The van der Waals surface area contributed by atoms with Crippen LogP contribution in [0.5, 0.6) is 0 Å². The van der Waals surface area contributed by atoms with Gasteiger partial charge < -0.3 is 9.73 Å². The van der Waals surface area contributed by atoms with Gasteiger partial charge in [0, 0.05) is 18.0 Å². The fraction of sp³-hybridized carbons (Fsp3) is 0.100. The van der Waals surface area contributed by atoms with E-state index in [4.69, 9.17) is 4.42 Å². The zero-order valence-corrected chi connectivity index (χ0v) is 7.88. The molecule has 0 spiro atoms. The zero-order chi connectivity index (χ0) is 10.5. The molecule has 0 saturated carbocycles. The molecule has 15 heavy (non-hydrogen) atoms. The molecule has 0 unspecified atom stereocenters. The monoisotopic (exact) mass is 203 g/mol. The quantitative estimate of drug-likeness (QED) is 0.808. The smallest absolute Gasteiger partial charge is 0.251 e. The summed E-state index contributed by atoms with van der Waals surface area (Å²) in [5, 5.41) is 2.68. The van der Waals surface area contributed by atoms with Gasteiger partial charge in [-0.3, -0.25) is 9.78 Å². The van der Waals surface area contributed by atoms with Gasteiger partial charge in [-0.15, -0.1) is 0 Å². The fourth-order valence-electron chi connectivity index (χ4n) is 1.10. The van der Waals surface area contributed by atoms with Gasteiger partial charge in [0.05, 0.1) is 12.7 Å². The Hall–Kier alpha value is -2.17. The zero-order valence-electron chi connectivity index (χ0n) is 7.88. The van der Waals surface area contributed by atoms with Gasteiger partial charge in [-0.25, -0.2) is 4.98 Å². The highest BCUT2D eigenvalue weighted by atomic mass is 16.3. The summed E-state index contributed by atoms with van der Waals surface area (Å²) < 4.78 is 4.98. The van der Waals surface area contributed by atoms with E-state index in [-0.39, 0.29) is 12.5 Å². The Morgan fingerprint density at radius 3 is 2.80 bits per heavy atom. The first-order chi connectivity index (χ1) is 7.36. The van der Waals surface area contributed by atoms with Crippen molar-refractivity contribution in [1.82, 2.24) is 15.3 Å². The lowest BCUT2D eigenvalue weighted by Crippen LogP contribution is -2.22. The molecule has 2 heterocycles. The first kappa shape index (κ1) is 9.39. The molecule has 2 rings (SSSR count). The van der Waals surface area contributed by atoms with E-state index in [0.717, 1.165) is 0 Å². The van der Waals surface area contributed by atoms with Gasteiger partial charge in [-0.2, -0.15) is 0 Å². The predicted molar refractivity (Wildman–Crippen MR) is 51.9 cm³/mol. The van der Waals surface area contributed by atoms with E-state index in [9.17, 15) is 4.79 Å². The second-order valence-electron chi connectivity index (χ2n) is 2.84. The SMILES string of the molecule is O=C(NCc1ncco1)c1ccncc1. The number of carbonyl (C=O) groups is 1. The molecule has 5 heteroatoms. The highest BCUT2D eigenvalue weighted by Crippen LogP contribution is 1.98. The van der Waals surface area contributed by atoms with Crippen molar-refractivity contribution in [3.05, 3.63) is 48.4 Å². The van der Waals surface area contributed by atoms with Gasteiger partial charge in [-0.1, -0.05) is 0 Å². The number of hydrogen-bond acceptors (Lipinski definition) is 4. The lowest BCUT2D eigenvalue weighted by molar-refractivity contribution is 0.0947. The van der Waals surface area contributed by atoms with Crippen molar-refractivity contribution in [2.75, 3.05) is 0 Å². The molecule has 0 radical (unpaired) electrons. The van der Waals surface area contributed by atoms with Crippen LogP contribution in [-0.4, -0.2) is 15.9 Å². The van der Waals surface area contributed by atoms with E-state index in [1.165, 1.54) is 12.5 Å². The van der Waals surface area contributed by atoms with Crippen LogP contribution in [0.1, 0.15) is 16.2 Å². The van der Waals surface area contributed by atoms with Crippen LogP contribution in [0, 0.1) is 0 Å². The van der Waals surface area contributed by atoms with Crippen molar-refractivity contribution in [1.29, 1.82) is 0 Å². The van der Waals surface area contributed by atoms with Crippen molar-refractivity contribution in [2.24, 2.45) is 0 Å². The number of nitrogens with one attached hydrogen (secondary N) is 1. The molecule has 2 aromatic rings. The van der Waals surface area contributed by atoms with Crippen molar-refractivity contribution in [2.45, 2.75) is 6.54 Å². The van der Waals surface area contributed by atoms with E-state index in [1.807, 2.05) is 0 Å². The highest BCUT2D eigenvalue weighted by Gasteiger charge is 2.05. The summed E-state index contributed by atoms with van der Waals surface area (Å²) in [6, 6.07) is 3.29. The maximum absolute atomic E-state index is 11.5. The molecule has 0 saturated heterocycles. The number of carbonyl (C=O) groups excluding carboxylic acids is 1. The Balaban J connectivity index is 1.94. The van der Waals surface area contributed by atoms with Gasteiger partial charge >= 0.3 is 0 Å². The number of pyridine rings is 1. The second-order valence-corrected chi connectivity index (χ2v) is 2.84. The number of amides is 1. The van der Waals surface area contributed by atoms with Crippen LogP contribution in [0.25, 0.3) is 0 Å². The highest BCUT2D eigenvalue weighted by molar-refractivity contribution is 5.93. The van der Waals surface area contributed by atoms with Crippen molar-refractivity contribution < 1.29 is 9.21 Å². The summed E-state index contributed by atoms with van der Waals surface area (Å²) in [6.07, 6.45) is 6.14. The molecule has 0 aliphatic heterocycles. The summed E-state index contributed by atoms with van der Waals surface area (Å²) in [4.78, 5) is 19.2. The van der Waals surface area contributed by atoms with Crippen LogP contribution in [-0.2, 0) is 6.54 Å². The average Bonchev–Trinajstić information content (AvgIpc) is 2.80. The maximum atomic E-state index is 11.5. The third-order valence-corrected chi connectivity index (χ3v) is 1.83. The van der Waals surface area contributed by atoms with Gasteiger partial charge in [0.2, 0.25) is 5.89 Å². The van der Waals surface area contributed by atoms with Crippen molar-refractivity contribution >= 4 is 5.91 Å². The van der Waals surface area contributed by atoms with E-state index in [1.54, 1.807) is 24.5 Å². The van der Waals surface area contributed by atoms with Crippen molar-refractivity contribution in [3.8, 4) is 0 Å². The maximum Gasteiger partial charge on any atom is 0.251 e. The van der Waals surface area contributed by atoms with Crippen LogP contribution in [0.3, 0.4) is 0 Å². The Labute approximate surface area is 86.2 Å². The van der Waals surface area contributed by atoms with Crippen molar-refractivity contribution in [3.63, 3.8) is 0 Å².